The lowest BCUT2D eigenvalue weighted by Gasteiger charge is -2.07. The van der Waals surface area contributed by atoms with Gasteiger partial charge < -0.3 is 24.4 Å². The first-order chi connectivity index (χ1) is 11.1. The molecule has 23 heavy (non-hydrogen) atoms. The molecule has 0 saturated carbocycles. The second-order valence-corrected chi connectivity index (χ2v) is 4.89. The third kappa shape index (κ3) is 5.03. The maximum atomic E-state index is 11.3. The Labute approximate surface area is 135 Å². The highest BCUT2D eigenvalue weighted by Crippen LogP contribution is 2.19. The molecule has 0 spiro atoms. The molecule has 0 radical (unpaired) electrons. The molecular formula is C17H21NO5. The predicted octanol–water partition coefficient (Wildman–Crippen LogP) is 2.30. The number of methoxy groups -OCH3 is 1. The van der Waals surface area contributed by atoms with Gasteiger partial charge in [-0.2, -0.15) is 0 Å². The van der Waals surface area contributed by atoms with Crippen molar-refractivity contribution < 1.29 is 23.4 Å². The van der Waals surface area contributed by atoms with Crippen LogP contribution in [0.25, 0.3) is 0 Å². The van der Waals surface area contributed by atoms with Crippen LogP contribution in [-0.2, 0) is 22.6 Å². The van der Waals surface area contributed by atoms with Gasteiger partial charge in [-0.15, -0.1) is 0 Å². The normalized spacial score (nSPS) is 11.8. The Balaban J connectivity index is 1.85. The van der Waals surface area contributed by atoms with Crippen molar-refractivity contribution in [1.29, 1.82) is 0 Å². The zero-order valence-electron chi connectivity index (χ0n) is 13.3. The lowest BCUT2D eigenvalue weighted by Crippen LogP contribution is -2.33. The lowest BCUT2D eigenvalue weighted by molar-refractivity contribution is -0.142. The van der Waals surface area contributed by atoms with E-state index in [1.165, 1.54) is 7.11 Å². The summed E-state index contributed by atoms with van der Waals surface area (Å²) in [5.41, 5.74) is 5.70. The number of hydrogen-bond acceptors (Lipinski definition) is 6. The second-order valence-electron chi connectivity index (χ2n) is 4.89. The van der Waals surface area contributed by atoms with Crippen molar-refractivity contribution in [2.75, 3.05) is 13.7 Å². The van der Waals surface area contributed by atoms with E-state index >= 15 is 0 Å². The summed E-state index contributed by atoms with van der Waals surface area (Å²) in [6.45, 7) is 2.86. The van der Waals surface area contributed by atoms with Gasteiger partial charge in [0, 0.05) is 6.42 Å². The summed E-state index contributed by atoms with van der Waals surface area (Å²) in [5.74, 6) is 2.34. The van der Waals surface area contributed by atoms with Crippen LogP contribution in [-0.4, -0.2) is 25.7 Å². The fourth-order valence-corrected chi connectivity index (χ4v) is 2.01. The molecule has 2 N–H and O–H groups in total. The molecule has 0 aliphatic rings. The number of rotatable bonds is 8. The van der Waals surface area contributed by atoms with Gasteiger partial charge in [0.15, 0.2) is 0 Å². The van der Waals surface area contributed by atoms with Crippen molar-refractivity contribution in [1.82, 2.24) is 0 Å². The van der Waals surface area contributed by atoms with Crippen LogP contribution in [0.3, 0.4) is 0 Å². The number of carbonyl (C=O) groups excluding carboxylic acids is 1. The van der Waals surface area contributed by atoms with Gasteiger partial charge >= 0.3 is 5.97 Å². The van der Waals surface area contributed by atoms with Gasteiger partial charge in [-0.1, -0.05) is 0 Å². The van der Waals surface area contributed by atoms with E-state index in [1.807, 2.05) is 31.2 Å². The highest BCUT2D eigenvalue weighted by molar-refractivity contribution is 5.75. The van der Waals surface area contributed by atoms with Crippen LogP contribution in [0.2, 0.25) is 0 Å². The van der Waals surface area contributed by atoms with E-state index in [0.717, 1.165) is 11.5 Å². The second kappa shape index (κ2) is 8.24. The molecule has 6 nitrogen and oxygen atoms in total. The predicted molar refractivity (Wildman–Crippen MR) is 84.3 cm³/mol. The molecule has 0 bridgehead atoms. The van der Waals surface area contributed by atoms with Gasteiger partial charge in [0.25, 0.3) is 0 Å². The molecule has 0 saturated heterocycles. The smallest absolute Gasteiger partial charge is 0.323 e. The molecule has 1 aromatic carbocycles. The summed E-state index contributed by atoms with van der Waals surface area (Å²) < 4.78 is 21.2. The topological polar surface area (TPSA) is 83.9 Å². The Morgan fingerprint density at radius 3 is 2.30 bits per heavy atom. The van der Waals surface area contributed by atoms with Gasteiger partial charge in [-0.25, -0.2) is 0 Å². The fraction of sp³-hybridized carbons (Fsp3) is 0.353. The molecule has 0 amide bonds. The zero-order chi connectivity index (χ0) is 16.7. The van der Waals surface area contributed by atoms with Crippen molar-refractivity contribution in [2.24, 2.45) is 5.73 Å². The summed E-state index contributed by atoms with van der Waals surface area (Å²) in [5, 5.41) is 0. The third-order valence-corrected chi connectivity index (χ3v) is 3.16. The Kier molecular flexibility index (Phi) is 6.05. The van der Waals surface area contributed by atoms with Crippen molar-refractivity contribution in [3.05, 3.63) is 47.9 Å². The molecule has 2 rings (SSSR count). The molecular weight excluding hydrogens is 298 g/mol. The number of carbonyl (C=O) groups is 1. The average Bonchev–Trinajstić information content (AvgIpc) is 3.01. The van der Waals surface area contributed by atoms with Crippen molar-refractivity contribution >= 4 is 5.97 Å². The molecule has 1 aromatic heterocycles. The number of ether oxygens (including phenoxy) is 3. The van der Waals surface area contributed by atoms with Crippen LogP contribution in [0.1, 0.15) is 18.4 Å². The largest absolute Gasteiger partial charge is 0.494 e. The van der Waals surface area contributed by atoms with Gasteiger partial charge in [-0.05, 0) is 43.3 Å². The van der Waals surface area contributed by atoms with Crippen molar-refractivity contribution in [3.8, 4) is 11.5 Å². The van der Waals surface area contributed by atoms with Gasteiger partial charge in [-0.3, -0.25) is 4.79 Å². The molecule has 1 atom stereocenters. The number of nitrogens with two attached hydrogens (primary N) is 1. The maximum Gasteiger partial charge on any atom is 0.323 e. The number of benzene rings is 1. The Morgan fingerprint density at radius 2 is 1.70 bits per heavy atom. The van der Waals surface area contributed by atoms with Crippen LogP contribution >= 0.6 is 0 Å². The minimum Gasteiger partial charge on any atom is -0.494 e. The Bertz CT molecular complexity index is 620. The highest BCUT2D eigenvalue weighted by Gasteiger charge is 2.16. The Morgan fingerprint density at radius 1 is 1.09 bits per heavy atom. The SMILES string of the molecule is CCOc1ccc(OCc2ccc(CC(N)C(=O)OC)o2)cc1. The van der Waals surface area contributed by atoms with E-state index in [1.54, 1.807) is 12.1 Å². The molecule has 2 aromatic rings. The lowest BCUT2D eigenvalue weighted by atomic mass is 10.2. The fourth-order valence-electron chi connectivity index (χ4n) is 2.01. The van der Waals surface area contributed by atoms with E-state index in [-0.39, 0.29) is 6.42 Å². The Hall–Kier alpha value is -2.47. The van der Waals surface area contributed by atoms with Gasteiger partial charge in [0.05, 0.1) is 13.7 Å². The number of esters is 1. The van der Waals surface area contributed by atoms with E-state index in [4.69, 9.17) is 19.6 Å². The molecule has 0 fully saturated rings. The molecule has 1 heterocycles. The molecule has 6 heteroatoms. The third-order valence-electron chi connectivity index (χ3n) is 3.16. The van der Waals surface area contributed by atoms with Crippen LogP contribution in [0, 0.1) is 0 Å². The summed E-state index contributed by atoms with van der Waals surface area (Å²) in [7, 11) is 1.31. The van der Waals surface area contributed by atoms with Crippen LogP contribution in [0.4, 0.5) is 0 Å². The van der Waals surface area contributed by atoms with E-state index in [0.29, 0.717) is 24.7 Å². The van der Waals surface area contributed by atoms with E-state index < -0.39 is 12.0 Å². The van der Waals surface area contributed by atoms with Crippen molar-refractivity contribution in [3.63, 3.8) is 0 Å². The zero-order valence-corrected chi connectivity index (χ0v) is 13.3. The summed E-state index contributed by atoms with van der Waals surface area (Å²) >= 11 is 0. The van der Waals surface area contributed by atoms with E-state index in [9.17, 15) is 4.79 Å². The molecule has 0 aliphatic carbocycles. The average molecular weight is 319 g/mol. The first kappa shape index (κ1) is 16.9. The van der Waals surface area contributed by atoms with Gasteiger partial charge in [0.2, 0.25) is 0 Å². The molecule has 124 valence electrons. The first-order valence-electron chi connectivity index (χ1n) is 7.39. The number of furan rings is 1. The standard InChI is InChI=1S/C17H21NO5/c1-3-21-12-4-6-13(7-5-12)22-11-15-9-8-14(23-15)10-16(18)17(19)20-2/h4-9,16H,3,10-11,18H2,1-2H3. The minimum atomic E-state index is -0.731. The number of hydrogen-bond donors (Lipinski definition) is 1. The van der Waals surface area contributed by atoms with E-state index in [2.05, 4.69) is 4.74 Å². The summed E-state index contributed by atoms with van der Waals surface area (Å²) in [4.78, 5) is 11.3. The van der Waals surface area contributed by atoms with Crippen molar-refractivity contribution in [2.45, 2.75) is 26.0 Å². The van der Waals surface area contributed by atoms with Crippen LogP contribution in [0.15, 0.2) is 40.8 Å². The maximum absolute atomic E-state index is 11.3. The monoisotopic (exact) mass is 319 g/mol. The summed E-state index contributed by atoms with van der Waals surface area (Å²) in [6.07, 6.45) is 0.287. The van der Waals surface area contributed by atoms with Crippen LogP contribution < -0.4 is 15.2 Å². The quantitative estimate of drug-likeness (QED) is 0.752. The molecule has 0 aliphatic heterocycles. The van der Waals surface area contributed by atoms with Gasteiger partial charge in [0.1, 0.15) is 35.7 Å². The molecule has 1 unspecified atom stereocenters. The minimum absolute atomic E-state index is 0.287. The first-order valence-corrected chi connectivity index (χ1v) is 7.39. The van der Waals surface area contributed by atoms with Crippen LogP contribution in [0.5, 0.6) is 11.5 Å². The highest BCUT2D eigenvalue weighted by atomic mass is 16.5. The summed E-state index contributed by atoms with van der Waals surface area (Å²) in [6, 6.07) is 10.2.